The van der Waals surface area contributed by atoms with Crippen LogP contribution in [-0.4, -0.2) is 60.1 Å². The van der Waals surface area contributed by atoms with Crippen LogP contribution in [0.4, 0.5) is 10.1 Å². The molecule has 5 nitrogen and oxygen atoms in total. The standard InChI is InChI=1S/C21H33FN4OS/c1-3-5-6-17(4-2)15-23-21(28)26-13-11-25(12-14-26)16-20(27)24-19-9-7-18(22)8-10-19/h7-10,17H,3-6,11-16H2,1-2H3,(H,23,28)(H,24,27)/t17-/m0/s1. The van der Waals surface area contributed by atoms with E-state index in [9.17, 15) is 9.18 Å². The van der Waals surface area contributed by atoms with E-state index in [0.29, 0.717) is 18.2 Å². The number of nitrogens with one attached hydrogen (secondary N) is 2. The summed E-state index contributed by atoms with van der Waals surface area (Å²) >= 11 is 5.56. The van der Waals surface area contributed by atoms with Crippen molar-refractivity contribution in [3.8, 4) is 0 Å². The van der Waals surface area contributed by atoms with Gasteiger partial charge in [0.05, 0.1) is 6.54 Å². The van der Waals surface area contributed by atoms with Crippen molar-refractivity contribution in [3.63, 3.8) is 0 Å². The minimum absolute atomic E-state index is 0.0810. The lowest BCUT2D eigenvalue weighted by atomic mass is 9.99. The Morgan fingerprint density at radius 1 is 1.18 bits per heavy atom. The first kappa shape index (κ1) is 22.6. The average Bonchev–Trinajstić information content (AvgIpc) is 2.70. The van der Waals surface area contributed by atoms with E-state index in [1.165, 1.54) is 37.8 Å². The Bertz CT molecular complexity index is 617. The molecule has 1 aliphatic heterocycles. The van der Waals surface area contributed by atoms with Crippen LogP contribution < -0.4 is 10.6 Å². The summed E-state index contributed by atoms with van der Waals surface area (Å²) in [5.41, 5.74) is 0.615. The van der Waals surface area contributed by atoms with Crippen molar-refractivity contribution in [2.45, 2.75) is 39.5 Å². The molecule has 0 unspecified atom stereocenters. The Labute approximate surface area is 173 Å². The number of anilines is 1. The number of hydrogen-bond acceptors (Lipinski definition) is 3. The minimum atomic E-state index is -0.311. The van der Waals surface area contributed by atoms with Crippen molar-refractivity contribution in [2.75, 3.05) is 44.6 Å². The molecule has 0 aromatic heterocycles. The normalized spacial score (nSPS) is 15.9. The van der Waals surface area contributed by atoms with Gasteiger partial charge in [-0.25, -0.2) is 4.39 Å². The number of amides is 1. The van der Waals surface area contributed by atoms with Crippen LogP contribution in [-0.2, 0) is 4.79 Å². The first-order chi connectivity index (χ1) is 13.5. The second-order valence-electron chi connectivity index (χ2n) is 7.42. The zero-order valence-electron chi connectivity index (χ0n) is 17.0. The van der Waals surface area contributed by atoms with Gasteiger partial charge in [0, 0.05) is 38.4 Å². The third kappa shape index (κ3) is 7.72. The van der Waals surface area contributed by atoms with Gasteiger partial charge >= 0.3 is 0 Å². The van der Waals surface area contributed by atoms with Gasteiger partial charge in [-0.3, -0.25) is 9.69 Å². The molecule has 1 amide bonds. The van der Waals surface area contributed by atoms with E-state index >= 15 is 0 Å². The maximum atomic E-state index is 12.9. The zero-order chi connectivity index (χ0) is 20.4. The molecule has 1 aromatic rings. The van der Waals surface area contributed by atoms with Gasteiger partial charge in [-0.1, -0.05) is 33.1 Å². The maximum Gasteiger partial charge on any atom is 0.238 e. The quantitative estimate of drug-likeness (QED) is 0.613. The lowest BCUT2D eigenvalue weighted by Crippen LogP contribution is -2.53. The molecule has 156 valence electrons. The van der Waals surface area contributed by atoms with E-state index in [1.54, 1.807) is 12.1 Å². The van der Waals surface area contributed by atoms with Gasteiger partial charge in [0.1, 0.15) is 5.82 Å². The van der Waals surface area contributed by atoms with Gasteiger partial charge in [-0.05, 0) is 48.8 Å². The summed E-state index contributed by atoms with van der Waals surface area (Å²) < 4.78 is 12.9. The highest BCUT2D eigenvalue weighted by molar-refractivity contribution is 7.80. The van der Waals surface area contributed by atoms with Crippen LogP contribution in [0.15, 0.2) is 24.3 Å². The largest absolute Gasteiger partial charge is 0.362 e. The molecule has 1 aliphatic rings. The molecule has 1 atom stereocenters. The molecule has 0 spiro atoms. The molecule has 1 fully saturated rings. The Morgan fingerprint density at radius 3 is 2.46 bits per heavy atom. The second kappa shape index (κ2) is 12.0. The molecule has 1 aromatic carbocycles. The Hall–Kier alpha value is -1.73. The van der Waals surface area contributed by atoms with E-state index in [-0.39, 0.29) is 11.7 Å². The van der Waals surface area contributed by atoms with Crippen LogP contribution >= 0.6 is 12.2 Å². The highest BCUT2D eigenvalue weighted by Crippen LogP contribution is 2.12. The number of rotatable bonds is 9. The van der Waals surface area contributed by atoms with Crippen LogP contribution in [0.3, 0.4) is 0 Å². The summed E-state index contributed by atoms with van der Waals surface area (Å²) in [7, 11) is 0. The number of piperazine rings is 1. The Balaban J connectivity index is 1.67. The molecule has 1 heterocycles. The van der Waals surface area contributed by atoms with Crippen LogP contribution in [0.1, 0.15) is 39.5 Å². The van der Waals surface area contributed by atoms with Gasteiger partial charge in [-0.2, -0.15) is 0 Å². The minimum Gasteiger partial charge on any atom is -0.362 e. The summed E-state index contributed by atoms with van der Waals surface area (Å²) in [6, 6.07) is 5.82. The van der Waals surface area contributed by atoms with Crippen molar-refractivity contribution in [1.82, 2.24) is 15.1 Å². The fourth-order valence-electron chi connectivity index (χ4n) is 3.33. The predicted molar refractivity (Wildman–Crippen MR) is 117 cm³/mol. The summed E-state index contributed by atoms with van der Waals surface area (Å²) in [4.78, 5) is 16.5. The topological polar surface area (TPSA) is 47.6 Å². The third-order valence-electron chi connectivity index (χ3n) is 5.24. The summed E-state index contributed by atoms with van der Waals surface area (Å²) in [6.45, 7) is 8.97. The average molecular weight is 409 g/mol. The number of hydrogen-bond donors (Lipinski definition) is 2. The molecule has 0 aliphatic carbocycles. The van der Waals surface area contributed by atoms with E-state index in [4.69, 9.17) is 12.2 Å². The number of carbonyl (C=O) groups excluding carboxylic acids is 1. The van der Waals surface area contributed by atoms with Gasteiger partial charge in [0.2, 0.25) is 5.91 Å². The molecule has 0 bridgehead atoms. The van der Waals surface area contributed by atoms with Gasteiger partial charge in [0.25, 0.3) is 0 Å². The monoisotopic (exact) mass is 408 g/mol. The van der Waals surface area contributed by atoms with Crippen molar-refractivity contribution >= 4 is 28.9 Å². The van der Waals surface area contributed by atoms with Crippen molar-refractivity contribution in [3.05, 3.63) is 30.1 Å². The van der Waals surface area contributed by atoms with Crippen LogP contribution in [0.2, 0.25) is 0 Å². The molecular weight excluding hydrogens is 375 g/mol. The predicted octanol–water partition coefficient (Wildman–Crippen LogP) is 3.47. The van der Waals surface area contributed by atoms with Crippen LogP contribution in [0, 0.1) is 11.7 Å². The SMILES string of the molecule is CCCC[C@H](CC)CNC(=S)N1CCN(CC(=O)Nc2ccc(F)cc2)CC1. The number of unbranched alkanes of at least 4 members (excludes halogenated alkanes) is 1. The van der Waals surface area contributed by atoms with Crippen molar-refractivity contribution < 1.29 is 9.18 Å². The van der Waals surface area contributed by atoms with Gasteiger partial charge < -0.3 is 15.5 Å². The van der Waals surface area contributed by atoms with Crippen LogP contribution in [0.5, 0.6) is 0 Å². The second-order valence-corrected chi connectivity index (χ2v) is 7.81. The fourth-order valence-corrected chi connectivity index (χ4v) is 3.60. The van der Waals surface area contributed by atoms with E-state index in [2.05, 4.69) is 34.3 Å². The lowest BCUT2D eigenvalue weighted by Gasteiger charge is -2.36. The van der Waals surface area contributed by atoms with E-state index in [0.717, 1.165) is 37.8 Å². The molecule has 7 heteroatoms. The highest BCUT2D eigenvalue weighted by atomic mass is 32.1. The maximum absolute atomic E-state index is 12.9. The number of halogens is 1. The summed E-state index contributed by atoms with van der Waals surface area (Å²) in [5, 5.41) is 7.07. The molecule has 2 rings (SSSR count). The molecule has 0 radical (unpaired) electrons. The van der Waals surface area contributed by atoms with Crippen molar-refractivity contribution in [1.29, 1.82) is 0 Å². The summed E-state index contributed by atoms with van der Waals surface area (Å²) in [6.07, 6.45) is 4.93. The first-order valence-corrected chi connectivity index (χ1v) is 10.7. The van der Waals surface area contributed by atoms with Gasteiger partial charge in [-0.15, -0.1) is 0 Å². The van der Waals surface area contributed by atoms with Gasteiger partial charge in [0.15, 0.2) is 5.11 Å². The Morgan fingerprint density at radius 2 is 1.86 bits per heavy atom. The molecule has 28 heavy (non-hydrogen) atoms. The number of benzene rings is 1. The Kier molecular flexibility index (Phi) is 9.64. The van der Waals surface area contributed by atoms with E-state index < -0.39 is 0 Å². The highest BCUT2D eigenvalue weighted by Gasteiger charge is 2.21. The first-order valence-electron chi connectivity index (χ1n) is 10.3. The van der Waals surface area contributed by atoms with Crippen molar-refractivity contribution in [2.24, 2.45) is 5.92 Å². The number of thiocarbonyl (C=S) groups is 1. The van der Waals surface area contributed by atoms with Crippen LogP contribution in [0.25, 0.3) is 0 Å². The summed E-state index contributed by atoms with van der Waals surface area (Å²) in [5.74, 6) is 0.283. The molecule has 1 saturated heterocycles. The van der Waals surface area contributed by atoms with E-state index in [1.807, 2.05) is 0 Å². The number of carbonyl (C=O) groups is 1. The molecule has 0 saturated carbocycles. The lowest BCUT2D eigenvalue weighted by molar-refractivity contribution is -0.117. The smallest absolute Gasteiger partial charge is 0.238 e. The molecule has 2 N–H and O–H groups in total. The fraction of sp³-hybridized carbons (Fsp3) is 0.619. The zero-order valence-corrected chi connectivity index (χ0v) is 17.9. The number of nitrogens with zero attached hydrogens (tertiary/aromatic N) is 2. The molecular formula is C21H33FN4OS. The third-order valence-corrected chi connectivity index (χ3v) is 5.64.